The van der Waals surface area contributed by atoms with Gasteiger partial charge in [-0.3, -0.25) is 0 Å². The Hall–Kier alpha value is -2.22. The van der Waals surface area contributed by atoms with Gasteiger partial charge < -0.3 is 9.80 Å². The van der Waals surface area contributed by atoms with Crippen molar-refractivity contribution >= 4 is 11.4 Å². The van der Waals surface area contributed by atoms with Crippen molar-refractivity contribution in [3.8, 4) is 0 Å². The first kappa shape index (κ1) is 11.8. The fourth-order valence-corrected chi connectivity index (χ4v) is 2.70. The van der Waals surface area contributed by atoms with E-state index in [1.807, 2.05) is 0 Å². The summed E-state index contributed by atoms with van der Waals surface area (Å²) < 4.78 is 0. The van der Waals surface area contributed by atoms with E-state index >= 15 is 0 Å². The van der Waals surface area contributed by atoms with Gasteiger partial charge in [0.1, 0.15) is 5.82 Å². The second-order valence-electron chi connectivity index (χ2n) is 4.92. The van der Waals surface area contributed by atoms with Crippen LogP contribution in [0.4, 0.5) is 11.4 Å². The van der Waals surface area contributed by atoms with Crippen molar-refractivity contribution in [2.45, 2.75) is 13.0 Å². The monoisotopic (exact) mass is 250 g/mol. The molecule has 0 saturated heterocycles. The summed E-state index contributed by atoms with van der Waals surface area (Å²) in [5.41, 5.74) is 3.75. The first-order valence-corrected chi connectivity index (χ1v) is 6.56. The Bertz CT molecular complexity index is 604. The van der Waals surface area contributed by atoms with Gasteiger partial charge in [-0.1, -0.05) is 49.0 Å². The number of hydrogen-bond acceptors (Lipinski definition) is 2. The average molecular weight is 250 g/mol. The number of nitrogens with zero attached hydrogens (tertiary/aromatic N) is 2. The summed E-state index contributed by atoms with van der Waals surface area (Å²) in [6.45, 7) is 6.45. The summed E-state index contributed by atoms with van der Waals surface area (Å²) in [5.74, 6) is 1.03. The molecule has 0 bridgehead atoms. The van der Waals surface area contributed by atoms with Gasteiger partial charge in [0, 0.05) is 7.05 Å². The van der Waals surface area contributed by atoms with E-state index in [0.29, 0.717) is 0 Å². The molecule has 1 aliphatic rings. The molecule has 0 aromatic heterocycles. The summed E-state index contributed by atoms with van der Waals surface area (Å²) in [7, 11) is 2.07. The molecule has 1 heterocycles. The minimum absolute atomic E-state index is 0.278. The molecule has 3 rings (SSSR count). The van der Waals surface area contributed by atoms with E-state index in [1.165, 1.54) is 16.9 Å². The second kappa shape index (κ2) is 4.47. The maximum absolute atomic E-state index is 4.23. The Morgan fingerprint density at radius 2 is 1.47 bits per heavy atom. The molecule has 2 aromatic carbocycles. The Kier molecular flexibility index (Phi) is 2.79. The van der Waals surface area contributed by atoms with Gasteiger partial charge in [0.15, 0.2) is 0 Å². The number of hydrogen-bond donors (Lipinski definition) is 0. The SMILES string of the molecule is C=C1N(C)c2ccccc2N1C(C)c1ccccc1. The summed E-state index contributed by atoms with van der Waals surface area (Å²) >= 11 is 0. The Labute approximate surface area is 114 Å². The van der Waals surface area contributed by atoms with E-state index in [2.05, 4.69) is 84.9 Å². The predicted molar refractivity (Wildman–Crippen MR) is 81.3 cm³/mol. The molecule has 0 amide bonds. The van der Waals surface area contributed by atoms with Crippen LogP contribution in [0.25, 0.3) is 0 Å². The molecule has 0 saturated carbocycles. The summed E-state index contributed by atoms with van der Waals surface area (Å²) in [6.07, 6.45) is 0. The van der Waals surface area contributed by atoms with Crippen LogP contribution in [0, 0.1) is 0 Å². The van der Waals surface area contributed by atoms with Crippen molar-refractivity contribution in [1.29, 1.82) is 0 Å². The Morgan fingerprint density at radius 1 is 0.895 bits per heavy atom. The van der Waals surface area contributed by atoms with Crippen LogP contribution in [-0.4, -0.2) is 7.05 Å². The van der Waals surface area contributed by atoms with Crippen molar-refractivity contribution < 1.29 is 0 Å². The van der Waals surface area contributed by atoms with E-state index < -0.39 is 0 Å². The predicted octanol–water partition coefficient (Wildman–Crippen LogP) is 4.18. The molecule has 1 atom stereocenters. The van der Waals surface area contributed by atoms with Gasteiger partial charge in [-0.25, -0.2) is 0 Å². The first-order chi connectivity index (χ1) is 9.20. The third kappa shape index (κ3) is 1.80. The van der Waals surface area contributed by atoms with Crippen LogP contribution in [0.15, 0.2) is 67.0 Å². The summed E-state index contributed by atoms with van der Waals surface area (Å²) in [5, 5.41) is 0. The largest absolute Gasteiger partial charge is 0.330 e. The van der Waals surface area contributed by atoms with Crippen LogP contribution in [0.2, 0.25) is 0 Å². The minimum Gasteiger partial charge on any atom is -0.330 e. The van der Waals surface area contributed by atoms with E-state index in [-0.39, 0.29) is 6.04 Å². The van der Waals surface area contributed by atoms with Gasteiger partial charge in [0.2, 0.25) is 0 Å². The molecule has 0 N–H and O–H groups in total. The highest BCUT2D eigenvalue weighted by Gasteiger charge is 2.30. The molecule has 96 valence electrons. The van der Waals surface area contributed by atoms with Gasteiger partial charge in [-0.2, -0.15) is 0 Å². The molecular weight excluding hydrogens is 232 g/mol. The van der Waals surface area contributed by atoms with Crippen molar-refractivity contribution in [2.24, 2.45) is 0 Å². The van der Waals surface area contributed by atoms with Gasteiger partial charge in [0.05, 0.1) is 17.4 Å². The quantitative estimate of drug-likeness (QED) is 0.789. The molecule has 2 heteroatoms. The van der Waals surface area contributed by atoms with E-state index in [1.54, 1.807) is 0 Å². The molecular formula is C17H18N2. The van der Waals surface area contributed by atoms with Crippen molar-refractivity contribution in [3.05, 3.63) is 72.6 Å². The zero-order valence-corrected chi connectivity index (χ0v) is 11.4. The first-order valence-electron chi connectivity index (χ1n) is 6.56. The molecule has 2 nitrogen and oxygen atoms in total. The van der Waals surface area contributed by atoms with Gasteiger partial charge in [-0.05, 0) is 24.6 Å². The molecule has 1 aliphatic heterocycles. The smallest absolute Gasteiger partial charge is 0.106 e. The molecule has 2 aromatic rings. The minimum atomic E-state index is 0.278. The standard InChI is InChI=1S/C17H18N2/c1-13(15-9-5-4-6-10-15)19-14(2)18(3)16-11-7-8-12-17(16)19/h4-13H,2H2,1,3H3. The zero-order chi connectivity index (χ0) is 13.4. The van der Waals surface area contributed by atoms with Gasteiger partial charge >= 0.3 is 0 Å². The average Bonchev–Trinajstić information content (AvgIpc) is 2.72. The van der Waals surface area contributed by atoms with E-state index in [0.717, 1.165) is 5.82 Å². The Morgan fingerprint density at radius 3 is 2.16 bits per heavy atom. The normalized spacial score (nSPS) is 15.6. The maximum atomic E-state index is 4.23. The number of benzene rings is 2. The van der Waals surface area contributed by atoms with E-state index in [9.17, 15) is 0 Å². The lowest BCUT2D eigenvalue weighted by molar-refractivity contribution is 0.745. The van der Waals surface area contributed by atoms with E-state index in [4.69, 9.17) is 0 Å². The number of para-hydroxylation sites is 2. The zero-order valence-electron chi connectivity index (χ0n) is 11.4. The van der Waals surface area contributed by atoms with Crippen LogP contribution >= 0.6 is 0 Å². The number of rotatable bonds is 2. The van der Waals surface area contributed by atoms with Crippen LogP contribution in [0.3, 0.4) is 0 Å². The van der Waals surface area contributed by atoms with Crippen LogP contribution in [-0.2, 0) is 0 Å². The molecule has 0 radical (unpaired) electrons. The second-order valence-corrected chi connectivity index (χ2v) is 4.92. The molecule has 0 fully saturated rings. The van der Waals surface area contributed by atoms with Gasteiger partial charge in [-0.15, -0.1) is 0 Å². The van der Waals surface area contributed by atoms with Crippen molar-refractivity contribution in [3.63, 3.8) is 0 Å². The highest BCUT2D eigenvalue weighted by atomic mass is 15.4. The highest BCUT2D eigenvalue weighted by molar-refractivity contribution is 5.82. The van der Waals surface area contributed by atoms with Crippen LogP contribution < -0.4 is 9.80 Å². The molecule has 19 heavy (non-hydrogen) atoms. The van der Waals surface area contributed by atoms with Crippen molar-refractivity contribution in [2.75, 3.05) is 16.8 Å². The summed E-state index contributed by atoms with van der Waals surface area (Å²) in [4.78, 5) is 4.44. The van der Waals surface area contributed by atoms with Gasteiger partial charge in [0.25, 0.3) is 0 Å². The summed E-state index contributed by atoms with van der Waals surface area (Å²) in [6, 6.07) is 19.3. The molecule has 1 unspecified atom stereocenters. The van der Waals surface area contributed by atoms with Crippen LogP contribution in [0.5, 0.6) is 0 Å². The van der Waals surface area contributed by atoms with Crippen LogP contribution in [0.1, 0.15) is 18.5 Å². The lowest BCUT2D eigenvalue weighted by Crippen LogP contribution is -2.27. The maximum Gasteiger partial charge on any atom is 0.106 e. The number of fused-ring (bicyclic) bond motifs is 1. The molecule has 0 aliphatic carbocycles. The van der Waals surface area contributed by atoms with Crippen molar-refractivity contribution in [1.82, 2.24) is 0 Å². The fraction of sp³-hybridized carbons (Fsp3) is 0.176. The fourth-order valence-electron chi connectivity index (χ4n) is 2.70. The number of anilines is 2. The Balaban J connectivity index is 2.04. The highest BCUT2D eigenvalue weighted by Crippen LogP contribution is 2.44. The third-order valence-corrected chi connectivity index (χ3v) is 3.84. The third-order valence-electron chi connectivity index (χ3n) is 3.84. The lowest BCUT2D eigenvalue weighted by Gasteiger charge is -2.28. The lowest BCUT2D eigenvalue weighted by atomic mass is 10.1. The topological polar surface area (TPSA) is 6.48 Å². The molecule has 0 spiro atoms.